The van der Waals surface area contributed by atoms with Gasteiger partial charge in [-0.3, -0.25) is 4.79 Å². The van der Waals surface area contributed by atoms with Gasteiger partial charge in [0, 0.05) is 31.1 Å². The Hall–Kier alpha value is -2.14. The average Bonchev–Trinajstić information content (AvgIpc) is 3.17. The molecule has 0 aliphatic carbocycles. The monoisotopic (exact) mass is 301 g/mol. The van der Waals surface area contributed by atoms with Crippen molar-refractivity contribution in [2.75, 3.05) is 24.7 Å². The zero-order valence-corrected chi connectivity index (χ0v) is 12.4. The third kappa shape index (κ3) is 3.54. The van der Waals surface area contributed by atoms with Crippen LogP contribution in [0.2, 0.25) is 0 Å². The molecule has 2 saturated heterocycles. The molecule has 0 bridgehead atoms. The third-order valence-electron chi connectivity index (χ3n) is 3.86. The topological polar surface area (TPSA) is 55.8 Å². The van der Waals surface area contributed by atoms with Crippen LogP contribution in [0.1, 0.15) is 24.8 Å². The number of anilines is 1. The van der Waals surface area contributed by atoms with Crippen molar-refractivity contribution in [3.63, 3.8) is 0 Å². The van der Waals surface area contributed by atoms with E-state index in [0.29, 0.717) is 19.6 Å². The van der Waals surface area contributed by atoms with Crippen LogP contribution in [-0.2, 0) is 19.1 Å². The van der Waals surface area contributed by atoms with Crippen molar-refractivity contribution in [2.45, 2.75) is 25.4 Å². The molecule has 3 rings (SSSR count). The van der Waals surface area contributed by atoms with Crippen LogP contribution in [0.5, 0.6) is 0 Å². The van der Waals surface area contributed by atoms with E-state index in [1.165, 1.54) is 6.08 Å². The van der Waals surface area contributed by atoms with Gasteiger partial charge in [-0.25, -0.2) is 4.79 Å². The van der Waals surface area contributed by atoms with Gasteiger partial charge in [0.25, 0.3) is 0 Å². The fraction of sp³-hybridized carbons (Fsp3) is 0.412. The first-order valence-corrected chi connectivity index (χ1v) is 7.59. The quantitative estimate of drug-likeness (QED) is 0.631. The van der Waals surface area contributed by atoms with E-state index in [9.17, 15) is 9.59 Å². The summed E-state index contributed by atoms with van der Waals surface area (Å²) in [6.07, 6.45) is 5.32. The first-order valence-electron chi connectivity index (χ1n) is 7.59. The summed E-state index contributed by atoms with van der Waals surface area (Å²) in [4.78, 5) is 25.1. The zero-order valence-electron chi connectivity index (χ0n) is 12.4. The summed E-state index contributed by atoms with van der Waals surface area (Å²) in [6, 6.07) is 7.59. The second-order valence-electron chi connectivity index (χ2n) is 5.50. The summed E-state index contributed by atoms with van der Waals surface area (Å²) in [5.41, 5.74) is 1.81. The molecule has 0 spiro atoms. The van der Waals surface area contributed by atoms with Gasteiger partial charge in [-0.2, -0.15) is 0 Å². The maximum absolute atomic E-state index is 11.7. The SMILES string of the molecule is O=C(/C=C/c1ccc(N2CCCC2=O)cc1)OC1CCOC1. The fourth-order valence-corrected chi connectivity index (χ4v) is 2.66. The smallest absolute Gasteiger partial charge is 0.331 e. The van der Waals surface area contributed by atoms with Crippen LogP contribution in [0.4, 0.5) is 5.69 Å². The predicted octanol–water partition coefficient (Wildman–Crippen LogP) is 2.16. The van der Waals surface area contributed by atoms with Crippen LogP contribution < -0.4 is 4.90 Å². The normalized spacial score (nSPS) is 21.7. The lowest BCUT2D eigenvalue weighted by Crippen LogP contribution is -2.23. The molecule has 2 aliphatic rings. The predicted molar refractivity (Wildman–Crippen MR) is 82.4 cm³/mol. The Bertz CT molecular complexity index is 573. The number of carbonyl (C=O) groups is 2. The molecule has 2 heterocycles. The molecule has 0 N–H and O–H groups in total. The second kappa shape index (κ2) is 6.75. The molecule has 2 fully saturated rings. The molecule has 0 aromatic heterocycles. The number of ether oxygens (including phenoxy) is 2. The van der Waals surface area contributed by atoms with Crippen molar-refractivity contribution in [1.29, 1.82) is 0 Å². The summed E-state index contributed by atoms with van der Waals surface area (Å²) in [7, 11) is 0. The van der Waals surface area contributed by atoms with Gasteiger partial charge in [0.2, 0.25) is 5.91 Å². The minimum atomic E-state index is -0.353. The maximum atomic E-state index is 11.7. The minimum Gasteiger partial charge on any atom is -0.457 e. The van der Waals surface area contributed by atoms with Crippen LogP contribution in [0.3, 0.4) is 0 Å². The Balaban J connectivity index is 1.57. The van der Waals surface area contributed by atoms with Gasteiger partial charge in [-0.15, -0.1) is 0 Å². The Labute approximate surface area is 129 Å². The molecule has 0 radical (unpaired) electrons. The average molecular weight is 301 g/mol. The third-order valence-corrected chi connectivity index (χ3v) is 3.86. The molecule has 0 saturated carbocycles. The van der Waals surface area contributed by atoms with Gasteiger partial charge in [-0.05, 0) is 30.2 Å². The van der Waals surface area contributed by atoms with E-state index < -0.39 is 0 Å². The summed E-state index contributed by atoms with van der Waals surface area (Å²) in [5.74, 6) is -0.181. The molecular formula is C17H19NO4. The van der Waals surface area contributed by atoms with Crippen molar-refractivity contribution in [1.82, 2.24) is 0 Å². The van der Waals surface area contributed by atoms with Gasteiger partial charge in [0.15, 0.2) is 0 Å². The van der Waals surface area contributed by atoms with Gasteiger partial charge in [-0.1, -0.05) is 12.1 Å². The molecule has 1 atom stereocenters. The molecule has 5 heteroatoms. The second-order valence-corrected chi connectivity index (χ2v) is 5.50. The van der Waals surface area contributed by atoms with Crippen molar-refractivity contribution < 1.29 is 19.1 Å². The van der Waals surface area contributed by atoms with Crippen LogP contribution in [0.25, 0.3) is 6.08 Å². The molecule has 1 unspecified atom stereocenters. The molecule has 1 amide bonds. The number of rotatable bonds is 4. The summed E-state index contributed by atoms with van der Waals surface area (Å²) in [6.45, 7) is 1.92. The number of nitrogens with zero attached hydrogens (tertiary/aromatic N) is 1. The van der Waals surface area contributed by atoms with E-state index in [1.807, 2.05) is 24.3 Å². The highest BCUT2D eigenvalue weighted by Crippen LogP contribution is 2.22. The highest BCUT2D eigenvalue weighted by Gasteiger charge is 2.21. The van der Waals surface area contributed by atoms with Gasteiger partial charge < -0.3 is 14.4 Å². The first-order chi connectivity index (χ1) is 10.7. The zero-order chi connectivity index (χ0) is 15.4. The minimum absolute atomic E-state index is 0.124. The van der Waals surface area contributed by atoms with Crippen LogP contribution in [0.15, 0.2) is 30.3 Å². The molecule has 116 valence electrons. The van der Waals surface area contributed by atoms with E-state index in [4.69, 9.17) is 9.47 Å². The number of amides is 1. The van der Waals surface area contributed by atoms with Crippen LogP contribution in [-0.4, -0.2) is 37.7 Å². The van der Waals surface area contributed by atoms with Crippen molar-refractivity contribution >= 4 is 23.6 Å². The lowest BCUT2D eigenvalue weighted by molar-refractivity contribution is -0.142. The molecule has 22 heavy (non-hydrogen) atoms. The molecular weight excluding hydrogens is 282 g/mol. The van der Waals surface area contributed by atoms with Crippen molar-refractivity contribution in [3.05, 3.63) is 35.9 Å². The Morgan fingerprint density at radius 3 is 2.77 bits per heavy atom. The molecule has 1 aromatic rings. The van der Waals surface area contributed by atoms with Gasteiger partial charge in [0.05, 0.1) is 13.2 Å². The van der Waals surface area contributed by atoms with E-state index in [-0.39, 0.29) is 18.0 Å². The van der Waals surface area contributed by atoms with E-state index in [2.05, 4.69) is 0 Å². The number of esters is 1. The Kier molecular flexibility index (Phi) is 4.53. The maximum Gasteiger partial charge on any atom is 0.331 e. The lowest BCUT2D eigenvalue weighted by Gasteiger charge is -2.15. The van der Waals surface area contributed by atoms with Gasteiger partial charge >= 0.3 is 5.97 Å². The Morgan fingerprint density at radius 1 is 1.32 bits per heavy atom. The highest BCUT2D eigenvalue weighted by atomic mass is 16.6. The van der Waals surface area contributed by atoms with E-state index >= 15 is 0 Å². The molecule has 5 nitrogen and oxygen atoms in total. The van der Waals surface area contributed by atoms with Crippen molar-refractivity contribution in [2.24, 2.45) is 0 Å². The van der Waals surface area contributed by atoms with Gasteiger partial charge in [0.1, 0.15) is 6.10 Å². The molecule has 2 aliphatic heterocycles. The standard InChI is InChI=1S/C17H19NO4/c19-16-2-1-10-18(16)14-6-3-13(4-7-14)5-8-17(20)22-15-9-11-21-12-15/h3-8,15H,1-2,9-12H2/b8-5+. The van der Waals surface area contributed by atoms with Crippen molar-refractivity contribution in [3.8, 4) is 0 Å². The highest BCUT2D eigenvalue weighted by molar-refractivity contribution is 5.95. The Morgan fingerprint density at radius 2 is 2.14 bits per heavy atom. The van der Waals surface area contributed by atoms with Crippen LogP contribution in [0, 0.1) is 0 Å². The van der Waals surface area contributed by atoms with E-state index in [1.54, 1.807) is 11.0 Å². The number of hydrogen-bond acceptors (Lipinski definition) is 4. The molecule has 1 aromatic carbocycles. The van der Waals surface area contributed by atoms with E-state index in [0.717, 1.165) is 30.6 Å². The fourth-order valence-electron chi connectivity index (χ4n) is 2.66. The number of carbonyl (C=O) groups excluding carboxylic acids is 2. The summed E-state index contributed by atoms with van der Waals surface area (Å²) in [5, 5.41) is 0. The summed E-state index contributed by atoms with van der Waals surface area (Å²) < 4.78 is 10.4. The lowest BCUT2D eigenvalue weighted by atomic mass is 10.2. The number of benzene rings is 1. The first kappa shape index (κ1) is 14.8. The largest absolute Gasteiger partial charge is 0.457 e. The number of hydrogen-bond donors (Lipinski definition) is 0. The van der Waals surface area contributed by atoms with Crippen LogP contribution >= 0.6 is 0 Å². The summed E-state index contributed by atoms with van der Waals surface area (Å²) >= 11 is 0.